The van der Waals surface area contributed by atoms with E-state index in [-0.39, 0.29) is 10.7 Å². The average Bonchev–Trinajstić information content (AvgIpc) is 2.76. The van der Waals surface area contributed by atoms with Crippen LogP contribution in [-0.2, 0) is 6.54 Å². The van der Waals surface area contributed by atoms with Gasteiger partial charge in [-0.25, -0.2) is 9.18 Å². The lowest BCUT2D eigenvalue weighted by molar-refractivity contribution is 0.0702. The van der Waals surface area contributed by atoms with Crippen LogP contribution in [0, 0.1) is 5.82 Å². The maximum atomic E-state index is 13.5. The lowest BCUT2D eigenvalue weighted by atomic mass is 10.3. The van der Waals surface area contributed by atoms with Crippen LogP contribution < -0.4 is 5.32 Å². The van der Waals surface area contributed by atoms with Crippen LogP contribution in [0.3, 0.4) is 0 Å². The minimum absolute atomic E-state index is 0.281. The summed E-state index contributed by atoms with van der Waals surface area (Å²) >= 11 is 4.36. The summed E-state index contributed by atoms with van der Waals surface area (Å²) in [6.07, 6.45) is 0. The predicted molar refractivity (Wildman–Crippen MR) is 72.7 cm³/mol. The van der Waals surface area contributed by atoms with Crippen molar-refractivity contribution in [2.75, 3.05) is 5.32 Å². The van der Waals surface area contributed by atoms with Crippen LogP contribution in [0.25, 0.3) is 0 Å². The van der Waals surface area contributed by atoms with Gasteiger partial charge in [0.25, 0.3) is 0 Å². The van der Waals surface area contributed by atoms with Gasteiger partial charge in [0.05, 0.1) is 5.69 Å². The number of thiophene rings is 1. The van der Waals surface area contributed by atoms with Gasteiger partial charge in [0.1, 0.15) is 10.7 Å². The van der Waals surface area contributed by atoms with E-state index in [2.05, 4.69) is 21.2 Å². The highest BCUT2D eigenvalue weighted by molar-refractivity contribution is 9.10. The van der Waals surface area contributed by atoms with Crippen molar-refractivity contribution < 1.29 is 14.3 Å². The number of aromatic carboxylic acids is 1. The molecule has 2 aromatic rings. The number of hydrogen-bond donors (Lipinski definition) is 2. The van der Waals surface area contributed by atoms with Crippen molar-refractivity contribution in [2.45, 2.75) is 6.54 Å². The van der Waals surface area contributed by atoms with Crippen LogP contribution in [0.1, 0.15) is 14.5 Å². The van der Waals surface area contributed by atoms with E-state index in [9.17, 15) is 9.18 Å². The lowest BCUT2D eigenvalue weighted by Crippen LogP contribution is -1.99. The smallest absolute Gasteiger partial charge is 0.345 e. The number of hydrogen-bond acceptors (Lipinski definition) is 3. The maximum absolute atomic E-state index is 13.5. The average molecular weight is 330 g/mol. The fraction of sp³-hybridized carbons (Fsp3) is 0.0833. The normalized spacial score (nSPS) is 10.3. The Hall–Kier alpha value is -1.40. The summed E-state index contributed by atoms with van der Waals surface area (Å²) in [5, 5.41) is 11.7. The Morgan fingerprint density at radius 2 is 2.17 bits per heavy atom. The minimum atomic E-state index is -0.943. The van der Waals surface area contributed by atoms with Crippen molar-refractivity contribution in [3.05, 3.63) is 50.4 Å². The lowest BCUT2D eigenvalue weighted by Gasteiger charge is -2.06. The zero-order valence-corrected chi connectivity index (χ0v) is 11.5. The summed E-state index contributed by atoms with van der Waals surface area (Å²) in [5.74, 6) is -1.29. The number of rotatable bonds is 4. The standard InChI is InChI=1S/C12H9BrFNO2S/c13-7-1-3-10(9(14)5-7)15-6-8-2-4-11(18-8)12(16)17/h1-5,15H,6H2,(H,16,17). The van der Waals surface area contributed by atoms with Gasteiger partial charge >= 0.3 is 5.97 Å². The Balaban J connectivity index is 2.04. The maximum Gasteiger partial charge on any atom is 0.345 e. The molecule has 0 aliphatic heterocycles. The van der Waals surface area contributed by atoms with Gasteiger partial charge < -0.3 is 10.4 Å². The summed E-state index contributed by atoms with van der Waals surface area (Å²) in [6, 6.07) is 8.01. The fourth-order valence-electron chi connectivity index (χ4n) is 1.40. The largest absolute Gasteiger partial charge is 0.477 e. The Morgan fingerprint density at radius 3 is 2.78 bits per heavy atom. The molecular weight excluding hydrogens is 321 g/mol. The SMILES string of the molecule is O=C(O)c1ccc(CNc2ccc(Br)cc2F)s1. The third-order valence-corrected chi connectivity index (χ3v) is 3.82. The van der Waals surface area contributed by atoms with E-state index in [1.807, 2.05) is 0 Å². The summed E-state index contributed by atoms with van der Waals surface area (Å²) in [5.41, 5.74) is 0.392. The van der Waals surface area contributed by atoms with Crippen LogP contribution in [-0.4, -0.2) is 11.1 Å². The van der Waals surface area contributed by atoms with E-state index in [0.717, 1.165) is 4.88 Å². The first kappa shape index (κ1) is 13.0. The molecule has 0 aliphatic rings. The first-order valence-electron chi connectivity index (χ1n) is 5.07. The first-order chi connectivity index (χ1) is 8.56. The highest BCUT2D eigenvalue weighted by Crippen LogP contribution is 2.22. The molecule has 94 valence electrons. The molecule has 1 aromatic carbocycles. The minimum Gasteiger partial charge on any atom is -0.477 e. The van der Waals surface area contributed by atoms with Crippen LogP contribution >= 0.6 is 27.3 Å². The van der Waals surface area contributed by atoms with Crippen molar-refractivity contribution >= 4 is 38.9 Å². The molecule has 1 heterocycles. The molecule has 0 fully saturated rings. The Bertz CT molecular complexity index is 585. The van der Waals surface area contributed by atoms with E-state index in [0.29, 0.717) is 16.7 Å². The zero-order valence-electron chi connectivity index (χ0n) is 9.11. The van der Waals surface area contributed by atoms with Crippen LogP contribution in [0.15, 0.2) is 34.8 Å². The molecule has 6 heteroatoms. The molecule has 2 N–H and O–H groups in total. The van der Waals surface area contributed by atoms with Crippen molar-refractivity contribution in [1.82, 2.24) is 0 Å². The van der Waals surface area contributed by atoms with Crippen molar-refractivity contribution in [2.24, 2.45) is 0 Å². The van der Waals surface area contributed by atoms with E-state index in [4.69, 9.17) is 5.11 Å². The van der Waals surface area contributed by atoms with E-state index >= 15 is 0 Å². The van der Waals surface area contributed by atoms with Crippen molar-refractivity contribution in [3.63, 3.8) is 0 Å². The van der Waals surface area contributed by atoms with Crippen LogP contribution in [0.2, 0.25) is 0 Å². The molecule has 3 nitrogen and oxygen atoms in total. The third-order valence-electron chi connectivity index (χ3n) is 2.26. The van der Waals surface area contributed by atoms with E-state index in [1.54, 1.807) is 24.3 Å². The van der Waals surface area contributed by atoms with Gasteiger partial charge in [-0.1, -0.05) is 15.9 Å². The second-order valence-corrected chi connectivity index (χ2v) is 5.63. The van der Waals surface area contributed by atoms with Gasteiger partial charge in [-0.15, -0.1) is 11.3 Å². The van der Waals surface area contributed by atoms with Gasteiger partial charge in [0, 0.05) is 15.9 Å². The van der Waals surface area contributed by atoms with Gasteiger partial charge in [-0.2, -0.15) is 0 Å². The van der Waals surface area contributed by atoms with Gasteiger partial charge in [0.15, 0.2) is 0 Å². The van der Waals surface area contributed by atoms with E-state index < -0.39 is 5.97 Å². The quantitative estimate of drug-likeness (QED) is 0.892. The molecule has 0 saturated heterocycles. The molecule has 0 amide bonds. The van der Waals surface area contributed by atoms with Crippen molar-refractivity contribution in [3.8, 4) is 0 Å². The van der Waals surface area contributed by atoms with Crippen LogP contribution in [0.5, 0.6) is 0 Å². The molecule has 0 unspecified atom stereocenters. The van der Waals surface area contributed by atoms with Gasteiger partial charge in [-0.05, 0) is 30.3 Å². The highest BCUT2D eigenvalue weighted by atomic mass is 79.9. The monoisotopic (exact) mass is 329 g/mol. The molecule has 0 atom stereocenters. The Morgan fingerprint density at radius 1 is 1.39 bits per heavy atom. The molecule has 0 radical (unpaired) electrons. The summed E-state index contributed by atoms with van der Waals surface area (Å²) in [4.78, 5) is 11.8. The molecular formula is C12H9BrFNO2S. The van der Waals surface area contributed by atoms with Crippen molar-refractivity contribution in [1.29, 1.82) is 0 Å². The molecule has 0 aliphatic carbocycles. The molecule has 1 aromatic heterocycles. The topological polar surface area (TPSA) is 49.3 Å². The molecule has 0 saturated carbocycles. The van der Waals surface area contributed by atoms with E-state index in [1.165, 1.54) is 17.4 Å². The molecule has 18 heavy (non-hydrogen) atoms. The second kappa shape index (κ2) is 5.49. The highest BCUT2D eigenvalue weighted by Gasteiger charge is 2.07. The summed E-state index contributed by atoms with van der Waals surface area (Å²) in [7, 11) is 0. The number of halogens is 2. The number of carboxylic acid groups (broad SMARTS) is 1. The summed E-state index contributed by atoms with van der Waals surface area (Å²) < 4.78 is 14.2. The molecule has 2 rings (SSSR count). The second-order valence-electron chi connectivity index (χ2n) is 3.55. The number of anilines is 1. The fourth-order valence-corrected chi connectivity index (χ4v) is 2.52. The molecule has 0 spiro atoms. The number of benzene rings is 1. The Kier molecular flexibility index (Phi) is 3.98. The van der Waals surface area contributed by atoms with Crippen LogP contribution in [0.4, 0.5) is 10.1 Å². The zero-order chi connectivity index (χ0) is 13.1. The Labute approximate surface area is 115 Å². The third kappa shape index (κ3) is 3.08. The number of carbonyl (C=O) groups is 1. The first-order valence-corrected chi connectivity index (χ1v) is 6.68. The summed E-state index contributed by atoms with van der Waals surface area (Å²) in [6.45, 7) is 0.399. The molecule has 0 bridgehead atoms. The number of nitrogens with one attached hydrogen (secondary N) is 1. The van der Waals surface area contributed by atoms with Gasteiger partial charge in [-0.3, -0.25) is 0 Å². The van der Waals surface area contributed by atoms with Gasteiger partial charge in [0.2, 0.25) is 0 Å². The predicted octanol–water partition coefficient (Wildman–Crippen LogP) is 3.96. The number of carboxylic acids is 1.